The van der Waals surface area contributed by atoms with Crippen LogP contribution in [-0.4, -0.2) is 82.0 Å². The molecule has 1 aromatic rings. The second kappa shape index (κ2) is 12.3. The average Bonchev–Trinajstić information content (AvgIpc) is 3.28. The molecule has 2 saturated heterocycles. The van der Waals surface area contributed by atoms with Crippen molar-refractivity contribution < 1.29 is 9.47 Å². The highest BCUT2D eigenvalue weighted by Gasteiger charge is 2.19. The predicted octanol–water partition coefficient (Wildman–Crippen LogP) is 2.95. The van der Waals surface area contributed by atoms with Gasteiger partial charge in [0.2, 0.25) is 0 Å². The van der Waals surface area contributed by atoms with Crippen molar-refractivity contribution in [3.05, 3.63) is 35.4 Å². The first-order chi connectivity index (χ1) is 14.7. The molecule has 1 N–H and O–H groups in total. The van der Waals surface area contributed by atoms with Gasteiger partial charge >= 0.3 is 0 Å². The van der Waals surface area contributed by atoms with Crippen LogP contribution in [-0.2, 0) is 16.0 Å². The van der Waals surface area contributed by atoms with Crippen LogP contribution in [0.4, 0.5) is 0 Å². The van der Waals surface area contributed by atoms with Crippen molar-refractivity contribution in [1.29, 1.82) is 0 Å². The van der Waals surface area contributed by atoms with E-state index in [1.807, 2.05) is 7.05 Å². The molecule has 0 radical (unpaired) electrons. The van der Waals surface area contributed by atoms with E-state index in [-0.39, 0.29) is 0 Å². The van der Waals surface area contributed by atoms with E-state index in [9.17, 15) is 0 Å². The van der Waals surface area contributed by atoms with Crippen molar-refractivity contribution in [2.45, 2.75) is 39.2 Å². The summed E-state index contributed by atoms with van der Waals surface area (Å²) in [4.78, 5) is 9.39. The topological polar surface area (TPSA) is 49.3 Å². The van der Waals surface area contributed by atoms with Crippen LogP contribution in [0, 0.1) is 5.92 Å². The van der Waals surface area contributed by atoms with E-state index >= 15 is 0 Å². The zero-order valence-corrected chi connectivity index (χ0v) is 19.1. The van der Waals surface area contributed by atoms with Gasteiger partial charge in [0.05, 0.1) is 13.2 Å². The molecule has 168 valence electrons. The summed E-state index contributed by atoms with van der Waals surface area (Å²) in [5, 5.41) is 3.50. The summed E-state index contributed by atoms with van der Waals surface area (Å²) in [6, 6.07) is 9.11. The molecule has 0 aromatic heterocycles. The van der Waals surface area contributed by atoms with Crippen LogP contribution in [0.15, 0.2) is 29.3 Å². The second-order valence-corrected chi connectivity index (χ2v) is 8.79. The fourth-order valence-electron chi connectivity index (χ4n) is 4.06. The maximum atomic E-state index is 5.79. The largest absolute Gasteiger partial charge is 0.381 e. The number of hydrogen-bond acceptors (Lipinski definition) is 4. The van der Waals surface area contributed by atoms with Crippen molar-refractivity contribution in [2.75, 3.05) is 66.2 Å². The lowest BCUT2D eigenvalue weighted by Crippen LogP contribution is -2.52. The van der Waals surface area contributed by atoms with Gasteiger partial charge in [-0.2, -0.15) is 0 Å². The molecule has 1 aromatic carbocycles. The first-order valence-corrected chi connectivity index (χ1v) is 11.6. The van der Waals surface area contributed by atoms with Gasteiger partial charge in [0.15, 0.2) is 5.96 Å². The number of ether oxygens (including phenoxy) is 2. The maximum Gasteiger partial charge on any atom is 0.193 e. The molecule has 2 heterocycles. The van der Waals surface area contributed by atoms with Crippen molar-refractivity contribution in [3.63, 3.8) is 0 Å². The number of benzene rings is 1. The smallest absolute Gasteiger partial charge is 0.193 e. The standard InChI is InChI=1S/C24H40N4O2/c1-20(2)23-7-5-21(6-8-23)17-27-11-13-28(14-12-27)24(25-3)26-10-4-15-29-18-22-9-16-30-19-22/h5-8,20,22H,4,9-19H2,1-3H3,(H,25,26). The Morgan fingerprint density at radius 3 is 2.60 bits per heavy atom. The van der Waals surface area contributed by atoms with Gasteiger partial charge in [0, 0.05) is 65.4 Å². The second-order valence-electron chi connectivity index (χ2n) is 8.79. The monoisotopic (exact) mass is 416 g/mol. The Kier molecular flexibility index (Phi) is 9.43. The molecule has 0 saturated carbocycles. The van der Waals surface area contributed by atoms with E-state index in [2.05, 4.69) is 58.2 Å². The zero-order chi connectivity index (χ0) is 21.2. The molecule has 0 amide bonds. The lowest BCUT2D eigenvalue weighted by Gasteiger charge is -2.36. The predicted molar refractivity (Wildman–Crippen MR) is 123 cm³/mol. The van der Waals surface area contributed by atoms with E-state index in [0.717, 1.165) is 84.5 Å². The van der Waals surface area contributed by atoms with Crippen LogP contribution < -0.4 is 5.32 Å². The third-order valence-corrected chi connectivity index (χ3v) is 6.06. The highest BCUT2D eigenvalue weighted by atomic mass is 16.5. The number of aliphatic imine (C=N–C) groups is 1. The van der Waals surface area contributed by atoms with Crippen molar-refractivity contribution in [2.24, 2.45) is 10.9 Å². The van der Waals surface area contributed by atoms with Crippen LogP contribution in [0.1, 0.15) is 43.7 Å². The third-order valence-electron chi connectivity index (χ3n) is 6.06. The minimum Gasteiger partial charge on any atom is -0.381 e. The van der Waals surface area contributed by atoms with Gasteiger partial charge in [-0.05, 0) is 29.9 Å². The molecular formula is C24H40N4O2. The number of nitrogens with zero attached hydrogens (tertiary/aromatic N) is 3. The van der Waals surface area contributed by atoms with Gasteiger partial charge in [-0.3, -0.25) is 9.89 Å². The van der Waals surface area contributed by atoms with Gasteiger partial charge in [0.25, 0.3) is 0 Å². The average molecular weight is 417 g/mol. The molecule has 3 rings (SSSR count). The molecule has 30 heavy (non-hydrogen) atoms. The van der Waals surface area contributed by atoms with Crippen molar-refractivity contribution in [1.82, 2.24) is 15.1 Å². The Bertz CT molecular complexity index is 633. The number of guanidine groups is 1. The number of nitrogens with one attached hydrogen (secondary N) is 1. The number of piperazine rings is 1. The summed E-state index contributed by atoms with van der Waals surface area (Å²) >= 11 is 0. The molecule has 2 aliphatic rings. The van der Waals surface area contributed by atoms with E-state index in [1.165, 1.54) is 11.1 Å². The fourth-order valence-corrected chi connectivity index (χ4v) is 4.06. The highest BCUT2D eigenvalue weighted by molar-refractivity contribution is 5.79. The Morgan fingerprint density at radius 2 is 1.97 bits per heavy atom. The highest BCUT2D eigenvalue weighted by Crippen LogP contribution is 2.16. The number of rotatable bonds is 9. The SMILES string of the molecule is CN=C(NCCCOCC1CCOC1)N1CCN(Cc2ccc(C(C)C)cc2)CC1. The van der Waals surface area contributed by atoms with Crippen LogP contribution in [0.5, 0.6) is 0 Å². The molecule has 2 fully saturated rings. The lowest BCUT2D eigenvalue weighted by atomic mass is 10.0. The molecular weight excluding hydrogens is 376 g/mol. The third kappa shape index (κ3) is 7.25. The summed E-state index contributed by atoms with van der Waals surface area (Å²) in [5.41, 5.74) is 2.82. The first kappa shape index (κ1) is 23.0. The summed E-state index contributed by atoms with van der Waals surface area (Å²) in [5.74, 6) is 2.20. The summed E-state index contributed by atoms with van der Waals surface area (Å²) in [7, 11) is 1.88. The van der Waals surface area contributed by atoms with E-state index in [0.29, 0.717) is 11.8 Å². The lowest BCUT2D eigenvalue weighted by molar-refractivity contribution is 0.0886. The molecule has 0 bridgehead atoms. The fraction of sp³-hybridized carbons (Fsp3) is 0.708. The van der Waals surface area contributed by atoms with Crippen LogP contribution in [0.2, 0.25) is 0 Å². The molecule has 1 unspecified atom stereocenters. The Balaban J connectivity index is 1.30. The minimum absolute atomic E-state index is 0.593. The van der Waals surface area contributed by atoms with E-state index in [1.54, 1.807) is 0 Å². The normalized spacial score (nSPS) is 20.9. The molecule has 6 heteroatoms. The van der Waals surface area contributed by atoms with Gasteiger partial charge in [-0.25, -0.2) is 0 Å². The Morgan fingerprint density at radius 1 is 1.20 bits per heavy atom. The van der Waals surface area contributed by atoms with E-state index in [4.69, 9.17) is 9.47 Å². The molecule has 0 spiro atoms. The Hall–Kier alpha value is -1.63. The molecule has 2 aliphatic heterocycles. The van der Waals surface area contributed by atoms with Gasteiger partial charge < -0.3 is 19.7 Å². The summed E-state index contributed by atoms with van der Waals surface area (Å²) < 4.78 is 11.2. The quantitative estimate of drug-likeness (QED) is 0.381. The van der Waals surface area contributed by atoms with Crippen LogP contribution >= 0.6 is 0 Å². The van der Waals surface area contributed by atoms with Crippen molar-refractivity contribution >= 4 is 5.96 Å². The molecule has 0 aliphatic carbocycles. The van der Waals surface area contributed by atoms with E-state index < -0.39 is 0 Å². The first-order valence-electron chi connectivity index (χ1n) is 11.6. The molecule has 1 atom stereocenters. The summed E-state index contributed by atoms with van der Waals surface area (Å²) in [6.07, 6.45) is 2.14. The number of hydrogen-bond donors (Lipinski definition) is 1. The van der Waals surface area contributed by atoms with Gasteiger partial charge in [-0.1, -0.05) is 38.1 Å². The van der Waals surface area contributed by atoms with Crippen LogP contribution in [0.3, 0.4) is 0 Å². The molecule has 6 nitrogen and oxygen atoms in total. The minimum atomic E-state index is 0.593. The van der Waals surface area contributed by atoms with Crippen molar-refractivity contribution in [3.8, 4) is 0 Å². The zero-order valence-electron chi connectivity index (χ0n) is 19.1. The summed E-state index contributed by atoms with van der Waals surface area (Å²) in [6.45, 7) is 14.0. The Labute approximate surface area is 182 Å². The van der Waals surface area contributed by atoms with Gasteiger partial charge in [0.1, 0.15) is 0 Å². The maximum absolute atomic E-state index is 5.79. The van der Waals surface area contributed by atoms with Crippen LogP contribution in [0.25, 0.3) is 0 Å². The van der Waals surface area contributed by atoms with Gasteiger partial charge in [-0.15, -0.1) is 0 Å².